The molecular formula is C8H14O3. The van der Waals surface area contributed by atoms with Gasteiger partial charge in [0.25, 0.3) is 5.97 Å². The molecular weight excluding hydrogens is 144 g/mol. The zero-order chi connectivity index (χ0) is 8.74. The maximum atomic E-state index is 9.24. The Morgan fingerprint density at radius 2 is 1.64 bits per heavy atom. The van der Waals surface area contributed by atoms with Crippen molar-refractivity contribution in [1.82, 2.24) is 0 Å². The summed E-state index contributed by atoms with van der Waals surface area (Å²) in [5, 5.41) is 9.24. The molecule has 0 aromatic carbocycles. The molecule has 0 spiro atoms. The smallest absolute Gasteiger partial charge is 0.277 e. The van der Waals surface area contributed by atoms with Crippen molar-refractivity contribution >= 4 is 0 Å². The number of aliphatic hydroxyl groups is 1. The third kappa shape index (κ3) is 5.79. The molecule has 0 aliphatic carbocycles. The van der Waals surface area contributed by atoms with Crippen molar-refractivity contribution in [2.45, 2.75) is 12.9 Å². The molecule has 0 aromatic heterocycles. The zero-order valence-corrected chi connectivity index (χ0v) is 6.75. The molecule has 3 nitrogen and oxygen atoms in total. The van der Waals surface area contributed by atoms with Crippen molar-refractivity contribution in [2.75, 3.05) is 13.2 Å². The molecule has 0 atom stereocenters. The summed E-state index contributed by atoms with van der Waals surface area (Å²) < 4.78 is 9.70. The van der Waals surface area contributed by atoms with Crippen LogP contribution in [0.5, 0.6) is 0 Å². The van der Waals surface area contributed by atoms with Crippen LogP contribution in [0.25, 0.3) is 0 Å². The Labute approximate surface area is 66.9 Å². The van der Waals surface area contributed by atoms with E-state index in [0.29, 0.717) is 0 Å². The SMILES string of the molecule is C=CCOC(C)(O)OCC=C. The van der Waals surface area contributed by atoms with E-state index in [9.17, 15) is 5.11 Å². The van der Waals surface area contributed by atoms with Gasteiger partial charge in [-0.3, -0.25) is 0 Å². The molecule has 1 N–H and O–H groups in total. The Hall–Kier alpha value is -0.640. The first kappa shape index (κ1) is 10.4. The maximum absolute atomic E-state index is 9.24. The van der Waals surface area contributed by atoms with E-state index >= 15 is 0 Å². The summed E-state index contributed by atoms with van der Waals surface area (Å²) in [5.74, 6) is -1.54. The number of hydrogen-bond donors (Lipinski definition) is 1. The van der Waals surface area contributed by atoms with Crippen molar-refractivity contribution in [3.05, 3.63) is 25.3 Å². The summed E-state index contributed by atoms with van der Waals surface area (Å²) in [6, 6.07) is 0. The van der Waals surface area contributed by atoms with Crippen LogP contribution in [-0.2, 0) is 9.47 Å². The fourth-order valence-electron chi connectivity index (χ4n) is 0.469. The summed E-state index contributed by atoms with van der Waals surface area (Å²) >= 11 is 0. The minimum atomic E-state index is -1.54. The van der Waals surface area contributed by atoms with Gasteiger partial charge >= 0.3 is 0 Å². The first-order valence-electron chi connectivity index (χ1n) is 3.34. The average molecular weight is 158 g/mol. The third-order valence-electron chi connectivity index (χ3n) is 0.938. The highest BCUT2D eigenvalue weighted by molar-refractivity contribution is 4.67. The van der Waals surface area contributed by atoms with Crippen LogP contribution < -0.4 is 0 Å². The van der Waals surface area contributed by atoms with E-state index in [1.54, 1.807) is 0 Å². The highest BCUT2D eigenvalue weighted by Gasteiger charge is 2.19. The second kappa shape index (κ2) is 5.07. The topological polar surface area (TPSA) is 38.7 Å². The van der Waals surface area contributed by atoms with Gasteiger partial charge in [-0.2, -0.15) is 0 Å². The predicted octanol–water partition coefficient (Wildman–Crippen LogP) is 1.06. The van der Waals surface area contributed by atoms with Crippen LogP contribution in [0.4, 0.5) is 0 Å². The van der Waals surface area contributed by atoms with E-state index in [4.69, 9.17) is 9.47 Å². The quantitative estimate of drug-likeness (QED) is 0.464. The Morgan fingerprint density at radius 3 is 1.91 bits per heavy atom. The summed E-state index contributed by atoms with van der Waals surface area (Å²) in [6.07, 6.45) is 3.07. The fourth-order valence-corrected chi connectivity index (χ4v) is 0.469. The van der Waals surface area contributed by atoms with Crippen molar-refractivity contribution in [3.8, 4) is 0 Å². The summed E-state index contributed by atoms with van der Waals surface area (Å²) in [6.45, 7) is 8.79. The second-order valence-electron chi connectivity index (χ2n) is 2.10. The number of ether oxygens (including phenoxy) is 2. The highest BCUT2D eigenvalue weighted by Crippen LogP contribution is 2.06. The van der Waals surface area contributed by atoms with Gasteiger partial charge in [-0.15, -0.1) is 13.2 Å². The van der Waals surface area contributed by atoms with Crippen LogP contribution in [0.1, 0.15) is 6.92 Å². The molecule has 0 saturated carbocycles. The average Bonchev–Trinajstić information content (AvgIpc) is 1.97. The van der Waals surface area contributed by atoms with E-state index in [-0.39, 0.29) is 13.2 Å². The summed E-state index contributed by atoms with van der Waals surface area (Å²) in [4.78, 5) is 0. The van der Waals surface area contributed by atoms with Crippen LogP contribution in [0.2, 0.25) is 0 Å². The van der Waals surface area contributed by atoms with Crippen LogP contribution in [0.3, 0.4) is 0 Å². The summed E-state index contributed by atoms with van der Waals surface area (Å²) in [5.41, 5.74) is 0. The monoisotopic (exact) mass is 158 g/mol. The summed E-state index contributed by atoms with van der Waals surface area (Å²) in [7, 11) is 0. The lowest BCUT2D eigenvalue weighted by Crippen LogP contribution is -2.32. The van der Waals surface area contributed by atoms with Gasteiger partial charge in [-0.25, -0.2) is 0 Å². The lowest BCUT2D eigenvalue weighted by Gasteiger charge is -2.21. The van der Waals surface area contributed by atoms with Crippen LogP contribution in [-0.4, -0.2) is 24.3 Å². The van der Waals surface area contributed by atoms with Crippen LogP contribution in [0.15, 0.2) is 25.3 Å². The lowest BCUT2D eigenvalue weighted by molar-refractivity contribution is -0.340. The normalized spacial score (nSPS) is 11.1. The van der Waals surface area contributed by atoms with Crippen molar-refractivity contribution in [3.63, 3.8) is 0 Å². The second-order valence-corrected chi connectivity index (χ2v) is 2.10. The molecule has 3 heteroatoms. The Kier molecular flexibility index (Phi) is 4.77. The molecule has 0 fully saturated rings. The molecule has 0 unspecified atom stereocenters. The van der Waals surface area contributed by atoms with Gasteiger partial charge in [0.05, 0.1) is 13.2 Å². The molecule has 0 saturated heterocycles. The molecule has 64 valence electrons. The van der Waals surface area contributed by atoms with Crippen molar-refractivity contribution < 1.29 is 14.6 Å². The first-order valence-corrected chi connectivity index (χ1v) is 3.34. The number of rotatable bonds is 6. The van der Waals surface area contributed by atoms with E-state index in [2.05, 4.69) is 13.2 Å². The van der Waals surface area contributed by atoms with Gasteiger partial charge < -0.3 is 14.6 Å². The zero-order valence-electron chi connectivity index (χ0n) is 6.75. The highest BCUT2D eigenvalue weighted by atomic mass is 16.8. The van der Waals surface area contributed by atoms with Crippen LogP contribution >= 0.6 is 0 Å². The fraction of sp³-hybridized carbons (Fsp3) is 0.500. The molecule has 0 aliphatic rings. The molecule has 0 amide bonds. The standard InChI is InChI=1S/C8H14O3/c1-4-6-10-8(3,9)11-7-5-2/h4-5,9H,1-2,6-7H2,3H3. The molecule has 0 bridgehead atoms. The molecule has 11 heavy (non-hydrogen) atoms. The van der Waals surface area contributed by atoms with E-state index < -0.39 is 5.97 Å². The largest absolute Gasteiger partial charge is 0.344 e. The van der Waals surface area contributed by atoms with Gasteiger partial charge in [0.2, 0.25) is 0 Å². The minimum absolute atomic E-state index is 0.254. The first-order chi connectivity index (χ1) is 5.12. The van der Waals surface area contributed by atoms with E-state index in [1.165, 1.54) is 19.1 Å². The molecule has 0 aliphatic heterocycles. The Balaban J connectivity index is 3.59. The Morgan fingerprint density at radius 1 is 1.27 bits per heavy atom. The lowest BCUT2D eigenvalue weighted by atomic mass is 10.6. The molecule has 0 aromatic rings. The molecule has 0 rings (SSSR count). The van der Waals surface area contributed by atoms with Crippen molar-refractivity contribution in [1.29, 1.82) is 0 Å². The third-order valence-corrected chi connectivity index (χ3v) is 0.938. The molecule has 0 heterocycles. The van der Waals surface area contributed by atoms with Gasteiger partial charge in [0.1, 0.15) is 0 Å². The van der Waals surface area contributed by atoms with Gasteiger partial charge in [-0.1, -0.05) is 12.2 Å². The predicted molar refractivity (Wildman–Crippen MR) is 42.9 cm³/mol. The molecule has 0 radical (unpaired) electrons. The van der Waals surface area contributed by atoms with Crippen molar-refractivity contribution in [2.24, 2.45) is 0 Å². The Bertz CT molecular complexity index is 115. The van der Waals surface area contributed by atoms with Gasteiger partial charge in [0, 0.05) is 6.92 Å². The van der Waals surface area contributed by atoms with Gasteiger partial charge in [-0.05, 0) is 0 Å². The van der Waals surface area contributed by atoms with E-state index in [0.717, 1.165) is 0 Å². The van der Waals surface area contributed by atoms with E-state index in [1.807, 2.05) is 0 Å². The number of hydrogen-bond acceptors (Lipinski definition) is 3. The minimum Gasteiger partial charge on any atom is -0.344 e. The van der Waals surface area contributed by atoms with Gasteiger partial charge in [0.15, 0.2) is 0 Å². The van der Waals surface area contributed by atoms with Crippen LogP contribution in [0, 0.1) is 0 Å². The maximum Gasteiger partial charge on any atom is 0.277 e.